The number of H-pyrrole nitrogens is 1. The van der Waals surface area contributed by atoms with Crippen LogP contribution in [0.1, 0.15) is 44.9 Å². The number of nitrogens with one attached hydrogen (secondary N) is 1. The van der Waals surface area contributed by atoms with Crippen LogP contribution in [0.5, 0.6) is 0 Å². The van der Waals surface area contributed by atoms with Crippen molar-refractivity contribution in [2.24, 2.45) is 5.73 Å². The summed E-state index contributed by atoms with van der Waals surface area (Å²) in [6.07, 6.45) is 3.16. The van der Waals surface area contributed by atoms with Gasteiger partial charge in [-0.3, -0.25) is 0 Å². The molecule has 0 saturated heterocycles. The number of rotatable bonds is 5. The number of fused-ring (bicyclic) bond motifs is 1. The summed E-state index contributed by atoms with van der Waals surface area (Å²) in [5, 5.41) is 0. The minimum absolute atomic E-state index is 0.234. The number of aromatic nitrogens is 2. The summed E-state index contributed by atoms with van der Waals surface area (Å²) in [5.41, 5.74) is 7.32. The maximum Gasteiger partial charge on any atom is 0.125 e. The summed E-state index contributed by atoms with van der Waals surface area (Å²) in [4.78, 5) is 7.69. The Bertz CT molecular complexity index is 519. The number of hydrogen-bond donors (Lipinski definition) is 2. The molecule has 0 aliphatic heterocycles. The third-order valence-corrected chi connectivity index (χ3v) is 3.23. The van der Waals surface area contributed by atoms with Crippen LogP contribution in [0, 0.1) is 5.82 Å². The van der Waals surface area contributed by atoms with Crippen LogP contribution in [-0.4, -0.2) is 16.0 Å². The number of halogens is 1. The average Bonchev–Trinajstić information content (AvgIpc) is 2.71. The molecule has 3 N–H and O–H groups in total. The van der Waals surface area contributed by atoms with Crippen LogP contribution in [0.15, 0.2) is 18.2 Å². The predicted octanol–water partition coefficient (Wildman–Crippen LogP) is 3.32. The van der Waals surface area contributed by atoms with Crippen molar-refractivity contribution in [3.8, 4) is 0 Å². The first-order valence-corrected chi connectivity index (χ1v) is 6.47. The first-order valence-electron chi connectivity index (χ1n) is 6.47. The van der Waals surface area contributed by atoms with Crippen LogP contribution in [0.2, 0.25) is 0 Å². The van der Waals surface area contributed by atoms with Crippen molar-refractivity contribution in [1.29, 1.82) is 0 Å². The second kappa shape index (κ2) is 5.48. The van der Waals surface area contributed by atoms with E-state index in [0.29, 0.717) is 5.92 Å². The van der Waals surface area contributed by atoms with E-state index in [0.717, 1.165) is 36.1 Å². The van der Waals surface area contributed by atoms with Crippen molar-refractivity contribution in [2.45, 2.75) is 45.1 Å². The molecule has 0 bridgehead atoms. The molecule has 0 spiro atoms. The minimum atomic E-state index is -0.234. The van der Waals surface area contributed by atoms with Gasteiger partial charge in [-0.25, -0.2) is 9.37 Å². The third kappa shape index (κ3) is 3.07. The molecule has 0 aliphatic carbocycles. The number of hydrogen-bond acceptors (Lipinski definition) is 2. The maximum absolute atomic E-state index is 13.1. The largest absolute Gasteiger partial charge is 0.342 e. The highest BCUT2D eigenvalue weighted by Crippen LogP contribution is 2.22. The zero-order valence-electron chi connectivity index (χ0n) is 10.9. The molecular weight excluding hydrogens is 229 g/mol. The number of imidazole rings is 1. The van der Waals surface area contributed by atoms with E-state index in [-0.39, 0.29) is 11.9 Å². The van der Waals surface area contributed by atoms with Gasteiger partial charge in [-0.2, -0.15) is 0 Å². The monoisotopic (exact) mass is 249 g/mol. The van der Waals surface area contributed by atoms with Crippen molar-refractivity contribution in [3.05, 3.63) is 29.8 Å². The smallest absolute Gasteiger partial charge is 0.125 e. The molecule has 0 saturated carbocycles. The SMILES string of the molecule is CC(N)CCCC(C)c1nc2ccc(F)cc2[nH]1. The summed E-state index contributed by atoms with van der Waals surface area (Å²) in [6, 6.07) is 4.88. The van der Waals surface area contributed by atoms with Gasteiger partial charge in [-0.1, -0.05) is 13.3 Å². The van der Waals surface area contributed by atoms with Gasteiger partial charge < -0.3 is 10.7 Å². The fourth-order valence-electron chi connectivity index (χ4n) is 2.12. The van der Waals surface area contributed by atoms with E-state index in [1.807, 2.05) is 6.92 Å². The molecule has 4 heteroatoms. The van der Waals surface area contributed by atoms with Gasteiger partial charge in [0.1, 0.15) is 11.6 Å². The minimum Gasteiger partial charge on any atom is -0.342 e. The van der Waals surface area contributed by atoms with Crippen LogP contribution >= 0.6 is 0 Å². The van der Waals surface area contributed by atoms with Crippen molar-refractivity contribution < 1.29 is 4.39 Å². The van der Waals surface area contributed by atoms with Crippen molar-refractivity contribution in [2.75, 3.05) is 0 Å². The number of benzene rings is 1. The van der Waals surface area contributed by atoms with Gasteiger partial charge in [0.25, 0.3) is 0 Å². The van der Waals surface area contributed by atoms with E-state index in [1.165, 1.54) is 12.1 Å². The maximum atomic E-state index is 13.1. The summed E-state index contributed by atoms with van der Waals surface area (Å²) >= 11 is 0. The van der Waals surface area contributed by atoms with Crippen LogP contribution in [-0.2, 0) is 0 Å². The Morgan fingerprint density at radius 1 is 1.33 bits per heavy atom. The van der Waals surface area contributed by atoms with E-state index < -0.39 is 0 Å². The predicted molar refractivity (Wildman–Crippen MR) is 72.0 cm³/mol. The molecule has 2 aromatic rings. The Morgan fingerprint density at radius 2 is 2.11 bits per heavy atom. The molecule has 2 rings (SSSR count). The van der Waals surface area contributed by atoms with Crippen LogP contribution in [0.25, 0.3) is 11.0 Å². The lowest BCUT2D eigenvalue weighted by Gasteiger charge is -2.09. The molecule has 0 fully saturated rings. The summed E-state index contributed by atoms with van der Waals surface area (Å²) in [5.74, 6) is 1.04. The van der Waals surface area contributed by atoms with Gasteiger partial charge >= 0.3 is 0 Å². The van der Waals surface area contributed by atoms with Crippen molar-refractivity contribution in [1.82, 2.24) is 9.97 Å². The molecule has 0 amide bonds. The van der Waals surface area contributed by atoms with E-state index in [9.17, 15) is 4.39 Å². The molecule has 3 nitrogen and oxygen atoms in total. The van der Waals surface area contributed by atoms with Crippen molar-refractivity contribution in [3.63, 3.8) is 0 Å². The topological polar surface area (TPSA) is 54.7 Å². The van der Waals surface area contributed by atoms with E-state index in [2.05, 4.69) is 16.9 Å². The van der Waals surface area contributed by atoms with Gasteiger partial charge in [0, 0.05) is 12.0 Å². The second-order valence-electron chi connectivity index (χ2n) is 5.09. The average molecular weight is 249 g/mol. The molecule has 18 heavy (non-hydrogen) atoms. The molecule has 2 atom stereocenters. The Kier molecular flexibility index (Phi) is 3.97. The van der Waals surface area contributed by atoms with Crippen LogP contribution in [0.3, 0.4) is 0 Å². The first-order chi connectivity index (χ1) is 8.56. The number of nitrogens with zero attached hydrogens (tertiary/aromatic N) is 1. The quantitative estimate of drug-likeness (QED) is 0.854. The van der Waals surface area contributed by atoms with Gasteiger partial charge in [0.15, 0.2) is 0 Å². The molecule has 98 valence electrons. The fraction of sp³-hybridized carbons (Fsp3) is 0.500. The van der Waals surface area contributed by atoms with Gasteiger partial charge in [0.05, 0.1) is 11.0 Å². The Labute approximate surface area is 107 Å². The normalized spacial score (nSPS) is 14.9. The van der Waals surface area contributed by atoms with E-state index in [4.69, 9.17) is 5.73 Å². The number of nitrogens with two attached hydrogens (primary N) is 1. The molecule has 1 aromatic heterocycles. The van der Waals surface area contributed by atoms with Crippen LogP contribution < -0.4 is 5.73 Å². The molecule has 0 aliphatic rings. The lowest BCUT2D eigenvalue weighted by Crippen LogP contribution is -2.14. The van der Waals surface area contributed by atoms with Crippen molar-refractivity contribution >= 4 is 11.0 Å². The molecule has 2 unspecified atom stereocenters. The third-order valence-electron chi connectivity index (χ3n) is 3.23. The highest BCUT2D eigenvalue weighted by Gasteiger charge is 2.11. The van der Waals surface area contributed by atoms with Gasteiger partial charge in [-0.05, 0) is 38.0 Å². The highest BCUT2D eigenvalue weighted by molar-refractivity contribution is 5.75. The van der Waals surface area contributed by atoms with Gasteiger partial charge in [0.2, 0.25) is 0 Å². The molecule has 1 heterocycles. The fourth-order valence-corrected chi connectivity index (χ4v) is 2.12. The lowest BCUT2D eigenvalue weighted by molar-refractivity contribution is 0.546. The highest BCUT2D eigenvalue weighted by atomic mass is 19.1. The zero-order chi connectivity index (χ0) is 13.1. The molecule has 1 aromatic carbocycles. The molecule has 0 radical (unpaired) electrons. The van der Waals surface area contributed by atoms with E-state index in [1.54, 1.807) is 6.07 Å². The Hall–Kier alpha value is -1.42. The van der Waals surface area contributed by atoms with E-state index >= 15 is 0 Å². The summed E-state index contributed by atoms with van der Waals surface area (Å²) < 4.78 is 13.1. The van der Waals surface area contributed by atoms with Crippen LogP contribution in [0.4, 0.5) is 4.39 Å². The Morgan fingerprint density at radius 3 is 2.83 bits per heavy atom. The van der Waals surface area contributed by atoms with Gasteiger partial charge in [-0.15, -0.1) is 0 Å². The number of aromatic amines is 1. The zero-order valence-corrected chi connectivity index (χ0v) is 10.9. The second-order valence-corrected chi connectivity index (χ2v) is 5.09. The summed E-state index contributed by atoms with van der Waals surface area (Å²) in [7, 11) is 0. The standard InChI is InChI=1S/C14H20FN3/c1-9(4-3-5-10(2)16)14-17-12-7-6-11(15)8-13(12)18-14/h6-10H,3-5,16H2,1-2H3,(H,17,18). The molecular formula is C14H20FN3. The Balaban J connectivity index is 2.06. The first kappa shape index (κ1) is 13.0. The summed E-state index contributed by atoms with van der Waals surface area (Å²) in [6.45, 7) is 4.16. The lowest BCUT2D eigenvalue weighted by atomic mass is 10.0.